The molecule has 0 heterocycles. The number of rotatable bonds is 6. The Bertz CT molecular complexity index is 314. The van der Waals surface area contributed by atoms with Gasteiger partial charge in [-0.15, -0.1) is 0 Å². The lowest BCUT2D eigenvalue weighted by atomic mass is 10.9. The average Bonchev–Trinajstić information content (AvgIpc) is 2.12. The molecule has 0 fully saturated rings. The SMILES string of the molecule is C.C.C.C.C=P(O)(O)OCC.C=P(O)(O)OCC.CCOP(=O)(O)O. The van der Waals surface area contributed by atoms with Crippen LogP contribution in [0.3, 0.4) is 0 Å². The van der Waals surface area contributed by atoms with Crippen molar-refractivity contribution in [2.45, 2.75) is 50.5 Å². The van der Waals surface area contributed by atoms with Crippen LogP contribution < -0.4 is 0 Å². The predicted molar refractivity (Wildman–Crippen MR) is 111 cm³/mol. The summed E-state index contributed by atoms with van der Waals surface area (Å²) in [6.07, 6.45) is 5.92. The van der Waals surface area contributed by atoms with Crippen LogP contribution in [0.5, 0.6) is 0 Å². The molecule has 0 unspecified atom stereocenters. The molecule has 0 amide bonds. The molecule has 0 aliphatic carbocycles. The highest BCUT2D eigenvalue weighted by Crippen LogP contribution is 2.35. The second-order valence-electron chi connectivity index (χ2n) is 3.07. The van der Waals surface area contributed by atoms with Crippen LogP contribution in [0.2, 0.25) is 0 Å². The maximum atomic E-state index is 9.70. The molecule has 0 saturated heterocycles. The molecule has 0 radical (unpaired) electrons. The van der Waals surface area contributed by atoms with Gasteiger partial charge in [-0.25, -0.2) is 4.57 Å². The Kier molecular flexibility index (Phi) is 40.3. The topological polar surface area (TPSA) is 166 Å². The number of phosphoric ester groups is 1. The predicted octanol–water partition coefficient (Wildman–Crippen LogP) is 3.06. The van der Waals surface area contributed by atoms with Crippen LogP contribution in [0.15, 0.2) is 0 Å². The highest BCUT2D eigenvalue weighted by Gasteiger charge is 2.10. The summed E-state index contributed by atoms with van der Waals surface area (Å²) in [4.78, 5) is 49.2. The Morgan fingerprint density at radius 2 is 0.840 bits per heavy atom. The van der Waals surface area contributed by atoms with E-state index in [9.17, 15) is 4.57 Å². The van der Waals surface area contributed by atoms with Crippen LogP contribution >= 0.6 is 23.0 Å². The van der Waals surface area contributed by atoms with Gasteiger partial charge in [-0.1, -0.05) is 29.7 Å². The number of hydrogen-bond donors (Lipinski definition) is 6. The summed E-state index contributed by atoms with van der Waals surface area (Å²) >= 11 is 0. The van der Waals surface area contributed by atoms with Gasteiger partial charge in [0.1, 0.15) is 0 Å². The molecule has 0 aromatic rings. The summed E-state index contributed by atoms with van der Waals surface area (Å²) in [5.41, 5.74) is 0. The van der Waals surface area contributed by atoms with Gasteiger partial charge in [0.15, 0.2) is 0 Å². The Hall–Kier alpha value is 0.470. The van der Waals surface area contributed by atoms with Crippen molar-refractivity contribution in [2.24, 2.45) is 0 Å². The summed E-state index contributed by atoms with van der Waals surface area (Å²) in [6, 6.07) is 0. The molecule has 10 nitrogen and oxygen atoms in total. The third-order valence-corrected chi connectivity index (χ3v) is 2.91. The van der Waals surface area contributed by atoms with Crippen molar-refractivity contribution >= 4 is 35.6 Å². The van der Waals surface area contributed by atoms with E-state index in [1.807, 2.05) is 0 Å². The molecule has 6 N–H and O–H groups in total. The van der Waals surface area contributed by atoms with E-state index in [0.29, 0.717) is 13.2 Å². The summed E-state index contributed by atoms with van der Waals surface area (Å²) in [5.74, 6) is 0. The first kappa shape index (κ1) is 44.7. The van der Waals surface area contributed by atoms with Crippen LogP contribution in [0.25, 0.3) is 0 Å². The third kappa shape index (κ3) is 79.5. The van der Waals surface area contributed by atoms with Crippen molar-refractivity contribution in [1.82, 2.24) is 0 Å². The van der Waals surface area contributed by atoms with Gasteiger partial charge < -0.3 is 38.4 Å². The Morgan fingerprint density at radius 3 is 0.840 bits per heavy atom. The van der Waals surface area contributed by atoms with Crippen LogP contribution in [-0.2, 0) is 18.1 Å². The van der Waals surface area contributed by atoms with Gasteiger partial charge in [0.05, 0.1) is 19.8 Å². The molecule has 0 spiro atoms. The highest BCUT2D eigenvalue weighted by atomic mass is 31.2. The van der Waals surface area contributed by atoms with Crippen molar-refractivity contribution in [3.63, 3.8) is 0 Å². The quantitative estimate of drug-likeness (QED) is 0.339. The molecule has 0 aliphatic rings. The molecule has 0 atom stereocenters. The zero-order valence-corrected chi connectivity index (χ0v) is 14.9. The fourth-order valence-electron chi connectivity index (χ4n) is 0.582. The molecule has 0 rings (SSSR count). The average molecular weight is 438 g/mol. The summed E-state index contributed by atoms with van der Waals surface area (Å²) in [7, 11) is -10.5. The lowest BCUT2D eigenvalue weighted by molar-refractivity contribution is 0.206. The van der Waals surface area contributed by atoms with Crippen molar-refractivity contribution < 1.29 is 47.5 Å². The molecular formula is C12H41O10P3. The first-order valence-corrected chi connectivity index (χ1v) is 10.7. The molecule has 25 heavy (non-hydrogen) atoms. The van der Waals surface area contributed by atoms with Gasteiger partial charge in [-0.2, -0.15) is 0 Å². The number of phosphoric acid groups is 1. The van der Waals surface area contributed by atoms with Crippen molar-refractivity contribution in [2.75, 3.05) is 19.8 Å². The normalized spacial score (nSPS) is 9.96. The van der Waals surface area contributed by atoms with E-state index >= 15 is 0 Å². The van der Waals surface area contributed by atoms with Crippen LogP contribution in [0.4, 0.5) is 0 Å². The van der Waals surface area contributed by atoms with Gasteiger partial charge >= 0.3 is 7.82 Å². The van der Waals surface area contributed by atoms with Crippen LogP contribution in [0.1, 0.15) is 50.5 Å². The van der Waals surface area contributed by atoms with E-state index < -0.39 is 23.0 Å². The molecule has 0 saturated carbocycles. The smallest absolute Gasteiger partial charge is 0.333 e. The molecule has 0 bridgehead atoms. The van der Waals surface area contributed by atoms with Crippen LogP contribution in [0, 0.1) is 0 Å². The lowest BCUT2D eigenvalue weighted by Gasteiger charge is -2.06. The fourth-order valence-corrected chi connectivity index (χ4v) is 1.75. The molecule has 0 aromatic carbocycles. The second kappa shape index (κ2) is 22.5. The lowest BCUT2D eigenvalue weighted by Crippen LogP contribution is -1.85. The van der Waals surface area contributed by atoms with Gasteiger partial charge in [0, 0.05) is 0 Å². The van der Waals surface area contributed by atoms with Gasteiger partial charge in [-0.05, 0) is 33.4 Å². The molecule has 0 aliphatic heterocycles. The third-order valence-electron chi connectivity index (χ3n) is 0.969. The van der Waals surface area contributed by atoms with E-state index in [2.05, 4.69) is 26.2 Å². The first-order chi connectivity index (χ1) is 9.18. The van der Waals surface area contributed by atoms with Crippen molar-refractivity contribution in [3.05, 3.63) is 0 Å². The molecule has 0 aromatic heterocycles. The van der Waals surface area contributed by atoms with Crippen LogP contribution in [-0.4, -0.2) is 61.8 Å². The van der Waals surface area contributed by atoms with Gasteiger partial charge in [0.2, 0.25) is 15.1 Å². The minimum Gasteiger partial charge on any atom is -0.333 e. The zero-order chi connectivity index (χ0) is 17.7. The Morgan fingerprint density at radius 1 is 0.640 bits per heavy atom. The van der Waals surface area contributed by atoms with Gasteiger partial charge in [-0.3, -0.25) is 4.52 Å². The Balaban J connectivity index is -0.0000000360. The minimum absolute atomic E-state index is 0. The first-order valence-electron chi connectivity index (χ1n) is 5.55. The fraction of sp³-hybridized carbons (Fsp3) is 0.833. The van der Waals surface area contributed by atoms with Gasteiger partial charge in [0.25, 0.3) is 0 Å². The summed E-state index contributed by atoms with van der Waals surface area (Å²) in [6.45, 7) is 5.50. The maximum Gasteiger partial charge on any atom is 0.469 e. The van der Waals surface area contributed by atoms with E-state index in [1.165, 1.54) is 6.92 Å². The van der Waals surface area contributed by atoms with Crippen molar-refractivity contribution in [3.8, 4) is 0 Å². The molecular weight excluding hydrogens is 397 g/mol. The second-order valence-corrected chi connectivity index (χ2v) is 7.49. The summed E-state index contributed by atoms with van der Waals surface area (Å²) < 4.78 is 22.3. The van der Waals surface area contributed by atoms with E-state index in [1.54, 1.807) is 13.8 Å². The Labute approximate surface area is 154 Å². The van der Waals surface area contributed by atoms with E-state index in [-0.39, 0.29) is 36.3 Å². The zero-order valence-electron chi connectivity index (χ0n) is 12.2. The maximum absolute atomic E-state index is 9.70. The molecule has 164 valence electrons. The summed E-state index contributed by atoms with van der Waals surface area (Å²) in [5, 5.41) is 0. The monoisotopic (exact) mass is 438 g/mol. The highest BCUT2D eigenvalue weighted by molar-refractivity contribution is 7.57. The standard InChI is InChI=1S/2C3H9O3P.C2H7O4P.4CH4/c2*1-3-6-7(2,4)5;1-2-6-7(3,4)5;;;;/h2*4-5H,2-3H2,1H3;2H2,1H3,(H2,3,4,5);4*1H4. The minimum atomic E-state index is -4.17. The number of hydrogen-bond acceptors (Lipinski definition) is 8. The van der Waals surface area contributed by atoms with E-state index in [0.717, 1.165) is 0 Å². The van der Waals surface area contributed by atoms with Crippen molar-refractivity contribution in [1.29, 1.82) is 0 Å². The largest absolute Gasteiger partial charge is 0.469 e. The molecule has 13 heteroatoms. The van der Waals surface area contributed by atoms with E-state index in [4.69, 9.17) is 29.4 Å².